The van der Waals surface area contributed by atoms with E-state index in [1.807, 2.05) is 49.3 Å². The lowest BCUT2D eigenvalue weighted by Crippen LogP contribution is -2.44. The third-order valence-electron chi connectivity index (χ3n) is 3.82. The van der Waals surface area contributed by atoms with Gasteiger partial charge in [0.2, 0.25) is 5.91 Å². The largest absolute Gasteiger partial charge is 0.459 e. The van der Waals surface area contributed by atoms with Crippen LogP contribution in [0.4, 0.5) is 0 Å². The van der Waals surface area contributed by atoms with E-state index in [0.29, 0.717) is 23.9 Å². The Morgan fingerprint density at radius 2 is 2.00 bits per heavy atom. The zero-order valence-electron chi connectivity index (χ0n) is 14.2. The number of nitrogens with one attached hydrogen (secondary N) is 1. The fourth-order valence-electron chi connectivity index (χ4n) is 2.46. The predicted molar refractivity (Wildman–Crippen MR) is 91.5 cm³/mol. The van der Waals surface area contributed by atoms with Crippen LogP contribution in [0.3, 0.4) is 0 Å². The average Bonchev–Trinajstić information content (AvgIpc) is 3.29. The Morgan fingerprint density at radius 1 is 1.20 bits per heavy atom. The minimum atomic E-state index is -0.279. The zero-order chi connectivity index (χ0) is 17.6. The molecule has 1 aromatic carbocycles. The van der Waals surface area contributed by atoms with Crippen molar-refractivity contribution in [1.82, 2.24) is 20.4 Å². The van der Waals surface area contributed by atoms with Crippen molar-refractivity contribution in [3.8, 4) is 11.7 Å². The van der Waals surface area contributed by atoms with Crippen LogP contribution in [-0.4, -0.2) is 41.1 Å². The van der Waals surface area contributed by atoms with Crippen LogP contribution in [0, 0.1) is 0 Å². The summed E-state index contributed by atoms with van der Waals surface area (Å²) in [6, 6.07) is 13.1. The summed E-state index contributed by atoms with van der Waals surface area (Å²) in [5.41, 5.74) is 1.11. The average molecular weight is 340 g/mol. The van der Waals surface area contributed by atoms with Gasteiger partial charge in [0, 0.05) is 0 Å². The van der Waals surface area contributed by atoms with Crippen LogP contribution >= 0.6 is 0 Å². The van der Waals surface area contributed by atoms with Crippen molar-refractivity contribution < 1.29 is 13.7 Å². The molecule has 1 N–H and O–H groups in total. The summed E-state index contributed by atoms with van der Waals surface area (Å²) >= 11 is 0. The molecule has 0 radical (unpaired) electrons. The lowest BCUT2D eigenvalue weighted by atomic mass is 10.0. The van der Waals surface area contributed by atoms with Crippen LogP contribution in [0.5, 0.6) is 0 Å². The van der Waals surface area contributed by atoms with Gasteiger partial charge in [0.15, 0.2) is 11.6 Å². The summed E-state index contributed by atoms with van der Waals surface area (Å²) in [5.74, 6) is 1.11. The highest BCUT2D eigenvalue weighted by atomic mass is 16.5. The molecule has 1 amide bonds. The van der Waals surface area contributed by atoms with Gasteiger partial charge in [-0.3, -0.25) is 9.69 Å². The highest BCUT2D eigenvalue weighted by molar-refractivity contribution is 5.81. The summed E-state index contributed by atoms with van der Waals surface area (Å²) in [6.45, 7) is 0.197. The monoisotopic (exact) mass is 340 g/mol. The summed E-state index contributed by atoms with van der Waals surface area (Å²) < 4.78 is 10.3. The van der Waals surface area contributed by atoms with Crippen LogP contribution < -0.4 is 5.32 Å². The van der Waals surface area contributed by atoms with Gasteiger partial charge in [0.05, 0.1) is 18.8 Å². The molecule has 130 valence electrons. The van der Waals surface area contributed by atoms with E-state index in [0.717, 1.165) is 5.56 Å². The maximum Gasteiger partial charge on any atom is 0.293 e. The van der Waals surface area contributed by atoms with E-state index in [9.17, 15) is 4.79 Å². The fourth-order valence-corrected chi connectivity index (χ4v) is 2.46. The van der Waals surface area contributed by atoms with Gasteiger partial charge in [-0.15, -0.1) is 0 Å². The normalized spacial score (nSPS) is 12.3. The van der Waals surface area contributed by atoms with Crippen molar-refractivity contribution in [3.05, 3.63) is 60.1 Å². The molecule has 0 saturated carbocycles. The molecule has 1 atom stereocenters. The number of carbonyl (C=O) groups is 1. The molecule has 0 bridgehead atoms. The molecule has 2 heterocycles. The van der Waals surface area contributed by atoms with Crippen LogP contribution in [0.2, 0.25) is 0 Å². The minimum Gasteiger partial charge on any atom is -0.459 e. The van der Waals surface area contributed by atoms with Crippen molar-refractivity contribution in [2.24, 2.45) is 0 Å². The van der Waals surface area contributed by atoms with Gasteiger partial charge in [-0.1, -0.05) is 35.5 Å². The fraction of sp³-hybridized carbons (Fsp3) is 0.278. The molecule has 0 fully saturated rings. The second kappa shape index (κ2) is 7.76. The van der Waals surface area contributed by atoms with Crippen molar-refractivity contribution in [3.63, 3.8) is 0 Å². The summed E-state index contributed by atoms with van der Waals surface area (Å²) in [4.78, 5) is 18.6. The lowest BCUT2D eigenvalue weighted by Gasteiger charge is -2.23. The highest BCUT2D eigenvalue weighted by Gasteiger charge is 2.21. The highest BCUT2D eigenvalue weighted by Crippen LogP contribution is 2.17. The Bertz CT molecular complexity index is 797. The van der Waals surface area contributed by atoms with E-state index >= 15 is 0 Å². The van der Waals surface area contributed by atoms with Gasteiger partial charge in [-0.05, 0) is 38.2 Å². The molecule has 7 heteroatoms. The van der Waals surface area contributed by atoms with Crippen LogP contribution in [0.1, 0.15) is 11.4 Å². The number of rotatable bonds is 7. The molecule has 2 aromatic heterocycles. The topological polar surface area (TPSA) is 84.4 Å². The Morgan fingerprint density at radius 3 is 2.68 bits per heavy atom. The van der Waals surface area contributed by atoms with Gasteiger partial charge in [0.1, 0.15) is 0 Å². The molecule has 0 aliphatic carbocycles. The Balaban J connectivity index is 1.60. The van der Waals surface area contributed by atoms with E-state index in [-0.39, 0.29) is 18.5 Å². The molecular weight excluding hydrogens is 320 g/mol. The van der Waals surface area contributed by atoms with E-state index in [4.69, 9.17) is 8.94 Å². The number of hydrogen-bond acceptors (Lipinski definition) is 6. The summed E-state index contributed by atoms with van der Waals surface area (Å²) in [6.07, 6.45) is 2.16. The molecule has 0 aliphatic rings. The summed E-state index contributed by atoms with van der Waals surface area (Å²) in [5, 5.41) is 6.72. The van der Waals surface area contributed by atoms with E-state index < -0.39 is 0 Å². The Hall–Kier alpha value is -2.93. The number of likely N-dealkylation sites (N-methyl/N-ethyl adjacent to an activating group) is 1. The smallest absolute Gasteiger partial charge is 0.293 e. The van der Waals surface area contributed by atoms with E-state index in [2.05, 4.69) is 15.5 Å². The molecule has 3 rings (SSSR count). The quantitative estimate of drug-likeness (QED) is 0.709. The molecule has 7 nitrogen and oxygen atoms in total. The number of amides is 1. The van der Waals surface area contributed by atoms with E-state index in [1.54, 1.807) is 12.1 Å². The second-order valence-corrected chi connectivity index (χ2v) is 5.88. The minimum absolute atomic E-state index is 0.0850. The van der Waals surface area contributed by atoms with Crippen LogP contribution in [0.15, 0.2) is 57.7 Å². The van der Waals surface area contributed by atoms with Crippen molar-refractivity contribution in [1.29, 1.82) is 0 Å². The first-order valence-electron chi connectivity index (χ1n) is 7.98. The molecular formula is C18H20N4O3. The first kappa shape index (κ1) is 16.9. The predicted octanol–water partition coefficient (Wildman–Crippen LogP) is 2.12. The zero-order valence-corrected chi connectivity index (χ0v) is 14.2. The number of nitrogens with zero attached hydrogens (tertiary/aromatic N) is 3. The van der Waals surface area contributed by atoms with Crippen molar-refractivity contribution in [2.45, 2.75) is 19.0 Å². The first-order valence-corrected chi connectivity index (χ1v) is 7.98. The molecule has 0 aliphatic heterocycles. The standard InChI is InChI=1S/C18H20N4O3/c1-22(2)14(11-13-7-4-3-5-8-13)17(23)19-12-16-20-18(25-21-16)15-9-6-10-24-15/h3-10,14H,11-12H2,1-2H3,(H,19,23). The number of hydrogen-bond donors (Lipinski definition) is 1. The van der Waals surface area contributed by atoms with Crippen molar-refractivity contribution in [2.75, 3.05) is 14.1 Å². The van der Waals surface area contributed by atoms with Gasteiger partial charge in [-0.2, -0.15) is 4.98 Å². The molecule has 1 unspecified atom stereocenters. The molecule has 3 aromatic rings. The number of carbonyl (C=O) groups excluding carboxylic acids is 1. The summed E-state index contributed by atoms with van der Waals surface area (Å²) in [7, 11) is 3.77. The van der Waals surface area contributed by atoms with Gasteiger partial charge in [-0.25, -0.2) is 0 Å². The maximum absolute atomic E-state index is 12.5. The number of benzene rings is 1. The third kappa shape index (κ3) is 4.33. The SMILES string of the molecule is CN(C)C(Cc1ccccc1)C(=O)NCc1noc(-c2ccco2)n1. The van der Waals surface area contributed by atoms with Gasteiger partial charge < -0.3 is 14.3 Å². The van der Waals surface area contributed by atoms with Crippen LogP contribution in [0.25, 0.3) is 11.7 Å². The first-order chi connectivity index (χ1) is 12.1. The number of aromatic nitrogens is 2. The number of furan rings is 1. The maximum atomic E-state index is 12.5. The van der Waals surface area contributed by atoms with Crippen LogP contribution in [-0.2, 0) is 17.8 Å². The van der Waals surface area contributed by atoms with Crippen molar-refractivity contribution >= 4 is 5.91 Å². The molecule has 0 saturated heterocycles. The third-order valence-corrected chi connectivity index (χ3v) is 3.82. The lowest BCUT2D eigenvalue weighted by molar-refractivity contribution is -0.125. The Labute approximate surface area is 145 Å². The Kier molecular flexibility index (Phi) is 5.25. The van der Waals surface area contributed by atoms with E-state index in [1.165, 1.54) is 6.26 Å². The van der Waals surface area contributed by atoms with Gasteiger partial charge >= 0.3 is 0 Å². The molecule has 25 heavy (non-hydrogen) atoms. The molecule has 0 spiro atoms. The second-order valence-electron chi connectivity index (χ2n) is 5.88. The van der Waals surface area contributed by atoms with Gasteiger partial charge in [0.25, 0.3) is 5.89 Å².